The minimum absolute atomic E-state index is 0.100. The highest BCUT2D eigenvalue weighted by molar-refractivity contribution is 6.04. The van der Waals surface area contributed by atoms with E-state index in [0.29, 0.717) is 24.3 Å². The average molecular weight is 406 g/mol. The zero-order valence-electron chi connectivity index (χ0n) is 17.1. The second kappa shape index (κ2) is 9.11. The number of fused-ring (bicyclic) bond motifs is 1. The minimum Gasteiger partial charge on any atom is -0.361 e. The van der Waals surface area contributed by atoms with Gasteiger partial charge in [0, 0.05) is 49.8 Å². The van der Waals surface area contributed by atoms with E-state index in [0.717, 1.165) is 42.6 Å². The van der Waals surface area contributed by atoms with E-state index in [1.165, 1.54) is 0 Å². The number of hydrogen-bond acceptors (Lipinski definition) is 4. The van der Waals surface area contributed by atoms with E-state index >= 15 is 0 Å². The molecule has 0 atom stereocenters. The Labute approximate surface area is 176 Å². The van der Waals surface area contributed by atoms with Crippen LogP contribution in [0.1, 0.15) is 15.9 Å². The Balaban J connectivity index is 1.39. The minimum atomic E-state index is -0.210. The van der Waals surface area contributed by atoms with Crippen LogP contribution in [0.15, 0.2) is 54.7 Å². The highest BCUT2D eigenvalue weighted by atomic mass is 16.2. The fourth-order valence-electron chi connectivity index (χ4n) is 3.76. The van der Waals surface area contributed by atoms with E-state index in [9.17, 15) is 9.59 Å². The van der Waals surface area contributed by atoms with Crippen molar-refractivity contribution in [3.05, 3.63) is 65.9 Å². The molecule has 0 radical (unpaired) electrons. The van der Waals surface area contributed by atoms with Gasteiger partial charge in [-0.2, -0.15) is 0 Å². The van der Waals surface area contributed by atoms with Crippen LogP contribution >= 0.6 is 0 Å². The number of piperazine rings is 1. The van der Waals surface area contributed by atoms with E-state index in [-0.39, 0.29) is 11.8 Å². The van der Waals surface area contributed by atoms with Gasteiger partial charge in [0.15, 0.2) is 0 Å². The number of rotatable bonds is 6. The van der Waals surface area contributed by atoms with E-state index in [1.807, 2.05) is 36.5 Å². The fraction of sp³-hybridized carbons (Fsp3) is 0.304. The molecule has 4 rings (SSSR count). The lowest BCUT2D eigenvalue weighted by Gasteiger charge is -2.31. The van der Waals surface area contributed by atoms with Crippen LogP contribution in [0.5, 0.6) is 0 Å². The molecule has 0 unspecified atom stereocenters. The monoisotopic (exact) mass is 405 g/mol. The van der Waals surface area contributed by atoms with Crippen LogP contribution in [0.25, 0.3) is 10.9 Å². The molecule has 0 bridgehead atoms. The number of anilines is 1. The van der Waals surface area contributed by atoms with Crippen molar-refractivity contribution in [3.8, 4) is 0 Å². The molecule has 30 heavy (non-hydrogen) atoms. The summed E-state index contributed by atoms with van der Waals surface area (Å²) in [6.07, 6.45) is 1.89. The van der Waals surface area contributed by atoms with Crippen molar-refractivity contribution in [1.29, 1.82) is 0 Å². The molecule has 0 saturated carbocycles. The van der Waals surface area contributed by atoms with Gasteiger partial charge in [-0.1, -0.05) is 24.3 Å². The first-order valence-electron chi connectivity index (χ1n) is 10.2. The number of H-pyrrole nitrogens is 1. The van der Waals surface area contributed by atoms with Gasteiger partial charge in [-0.05, 0) is 36.9 Å². The van der Waals surface area contributed by atoms with E-state index in [2.05, 4.69) is 32.5 Å². The molecule has 0 spiro atoms. The normalized spacial score (nSPS) is 15.2. The summed E-state index contributed by atoms with van der Waals surface area (Å²) in [5.74, 6) is -0.310. The first-order chi connectivity index (χ1) is 14.6. The van der Waals surface area contributed by atoms with Gasteiger partial charge < -0.3 is 20.5 Å². The number of nitrogens with one attached hydrogen (secondary N) is 3. The van der Waals surface area contributed by atoms with Gasteiger partial charge in [0.05, 0.1) is 17.8 Å². The summed E-state index contributed by atoms with van der Waals surface area (Å²) < 4.78 is 0. The number of amides is 2. The highest BCUT2D eigenvalue weighted by Gasteiger charge is 2.18. The number of nitrogens with zero attached hydrogens (tertiary/aromatic N) is 2. The molecule has 7 nitrogen and oxygen atoms in total. The number of carbonyl (C=O) groups excluding carboxylic acids is 2. The largest absolute Gasteiger partial charge is 0.361 e. The molecule has 3 aromatic rings. The van der Waals surface area contributed by atoms with E-state index < -0.39 is 0 Å². The highest BCUT2D eigenvalue weighted by Crippen LogP contribution is 2.19. The number of aromatic amines is 1. The van der Waals surface area contributed by atoms with Crippen LogP contribution in [-0.4, -0.2) is 66.4 Å². The quantitative estimate of drug-likeness (QED) is 0.588. The number of carbonyl (C=O) groups is 2. The van der Waals surface area contributed by atoms with Crippen molar-refractivity contribution in [1.82, 2.24) is 20.1 Å². The molecule has 1 aromatic heterocycles. The van der Waals surface area contributed by atoms with Gasteiger partial charge in [0.25, 0.3) is 5.91 Å². The summed E-state index contributed by atoms with van der Waals surface area (Å²) in [5.41, 5.74) is 3.08. The van der Waals surface area contributed by atoms with Crippen molar-refractivity contribution >= 4 is 28.4 Å². The maximum atomic E-state index is 12.8. The smallest absolute Gasteiger partial charge is 0.253 e. The fourth-order valence-corrected chi connectivity index (χ4v) is 3.76. The topological polar surface area (TPSA) is 80.5 Å². The molecule has 1 fully saturated rings. The second-order valence-corrected chi connectivity index (χ2v) is 7.71. The Bertz CT molecular complexity index is 1040. The molecule has 2 amide bonds. The lowest BCUT2D eigenvalue weighted by molar-refractivity contribution is -0.117. The Morgan fingerprint density at radius 1 is 1.00 bits per heavy atom. The van der Waals surface area contributed by atoms with Crippen LogP contribution in [0, 0.1) is 0 Å². The predicted octanol–water partition coefficient (Wildman–Crippen LogP) is 2.28. The molecular formula is C23H27N5O2. The van der Waals surface area contributed by atoms with Crippen LogP contribution in [0.3, 0.4) is 0 Å². The summed E-state index contributed by atoms with van der Waals surface area (Å²) in [5, 5.41) is 6.98. The van der Waals surface area contributed by atoms with E-state index in [4.69, 9.17) is 0 Å². The van der Waals surface area contributed by atoms with Gasteiger partial charge in [-0.15, -0.1) is 0 Å². The summed E-state index contributed by atoms with van der Waals surface area (Å²) >= 11 is 0. The molecule has 7 heteroatoms. The molecule has 2 heterocycles. The van der Waals surface area contributed by atoms with Gasteiger partial charge in [0.2, 0.25) is 5.91 Å². The number of hydrogen-bond donors (Lipinski definition) is 3. The maximum absolute atomic E-state index is 12.8. The van der Waals surface area contributed by atoms with Crippen molar-refractivity contribution in [3.63, 3.8) is 0 Å². The van der Waals surface area contributed by atoms with Crippen LogP contribution in [-0.2, 0) is 11.3 Å². The van der Waals surface area contributed by atoms with Crippen LogP contribution in [0.4, 0.5) is 5.69 Å². The van der Waals surface area contributed by atoms with Gasteiger partial charge in [-0.25, -0.2) is 0 Å². The Morgan fingerprint density at radius 3 is 2.63 bits per heavy atom. The Hall–Kier alpha value is -3.16. The average Bonchev–Trinajstić information content (AvgIpc) is 3.23. The molecule has 1 aliphatic rings. The standard InChI is InChI=1S/C23H27N5O2/c1-27-11-13-28(14-12-27)16-22(29)26-21-7-3-2-6-19(21)23(30)25-15-17-5-4-8-20-18(17)9-10-24-20/h2-10,24H,11-16H2,1H3,(H,25,30)(H,26,29). The summed E-state index contributed by atoms with van der Waals surface area (Å²) in [7, 11) is 2.09. The summed E-state index contributed by atoms with van der Waals surface area (Å²) in [6, 6.07) is 15.1. The van der Waals surface area contributed by atoms with Gasteiger partial charge in [0.1, 0.15) is 0 Å². The van der Waals surface area contributed by atoms with E-state index in [1.54, 1.807) is 18.2 Å². The summed E-state index contributed by atoms with van der Waals surface area (Å²) in [6.45, 7) is 4.41. The van der Waals surface area contributed by atoms with Gasteiger partial charge in [-0.3, -0.25) is 14.5 Å². The molecule has 0 aliphatic carbocycles. The summed E-state index contributed by atoms with van der Waals surface area (Å²) in [4.78, 5) is 32.9. The molecule has 1 saturated heterocycles. The third-order valence-corrected chi connectivity index (χ3v) is 5.53. The Kier molecular flexibility index (Phi) is 6.11. The second-order valence-electron chi connectivity index (χ2n) is 7.71. The number of benzene rings is 2. The lowest BCUT2D eigenvalue weighted by atomic mass is 10.1. The zero-order chi connectivity index (χ0) is 20.9. The van der Waals surface area contributed by atoms with Crippen molar-refractivity contribution in [2.24, 2.45) is 0 Å². The lowest BCUT2D eigenvalue weighted by Crippen LogP contribution is -2.47. The SMILES string of the molecule is CN1CCN(CC(=O)Nc2ccccc2C(=O)NCc2cccc3[nH]ccc23)CC1. The van der Waals surface area contributed by atoms with Crippen LogP contribution < -0.4 is 10.6 Å². The first kappa shape index (κ1) is 20.1. The maximum Gasteiger partial charge on any atom is 0.253 e. The molecular weight excluding hydrogens is 378 g/mol. The van der Waals surface area contributed by atoms with Crippen molar-refractivity contribution in [2.75, 3.05) is 45.1 Å². The number of aromatic nitrogens is 1. The van der Waals surface area contributed by atoms with Gasteiger partial charge >= 0.3 is 0 Å². The zero-order valence-corrected chi connectivity index (χ0v) is 17.1. The number of likely N-dealkylation sites (N-methyl/N-ethyl adjacent to an activating group) is 1. The molecule has 2 aromatic carbocycles. The first-order valence-corrected chi connectivity index (χ1v) is 10.2. The van der Waals surface area contributed by atoms with Crippen molar-refractivity contribution in [2.45, 2.75) is 6.54 Å². The van der Waals surface area contributed by atoms with Crippen molar-refractivity contribution < 1.29 is 9.59 Å². The van der Waals surface area contributed by atoms with Crippen LogP contribution in [0.2, 0.25) is 0 Å². The molecule has 3 N–H and O–H groups in total. The number of para-hydroxylation sites is 1. The third-order valence-electron chi connectivity index (χ3n) is 5.53. The molecule has 156 valence electrons. The Morgan fingerprint density at radius 2 is 1.80 bits per heavy atom. The third kappa shape index (κ3) is 4.69. The predicted molar refractivity (Wildman–Crippen MR) is 118 cm³/mol. The molecule has 1 aliphatic heterocycles.